The Hall–Kier alpha value is -4.19. The minimum Gasteiger partial charge on any atom is -0.462 e. The normalized spacial score (nSPS) is 12.6. The Kier molecular flexibility index (Phi) is 56.9. The highest BCUT2D eigenvalue weighted by atomic mass is 16.6. The van der Waals surface area contributed by atoms with Gasteiger partial charge in [0.15, 0.2) is 6.10 Å². The van der Waals surface area contributed by atoms with Gasteiger partial charge in [0.05, 0.1) is 0 Å². The van der Waals surface area contributed by atoms with Crippen molar-refractivity contribution in [2.45, 2.75) is 271 Å². The van der Waals surface area contributed by atoms with Crippen LogP contribution in [-0.2, 0) is 28.6 Å². The van der Waals surface area contributed by atoms with E-state index < -0.39 is 6.10 Å². The van der Waals surface area contributed by atoms with E-state index in [1.165, 1.54) is 141 Å². The lowest BCUT2D eigenvalue weighted by Crippen LogP contribution is -2.30. The van der Waals surface area contributed by atoms with E-state index in [9.17, 15) is 14.4 Å². The lowest BCUT2D eigenvalue weighted by Gasteiger charge is -2.18. The molecule has 73 heavy (non-hydrogen) atoms. The smallest absolute Gasteiger partial charge is 0.306 e. The van der Waals surface area contributed by atoms with Gasteiger partial charge in [-0.05, 0) is 96.3 Å². The molecule has 6 nitrogen and oxygen atoms in total. The molecule has 414 valence electrons. The Labute approximate surface area is 450 Å². The Bertz CT molecular complexity index is 1450. The highest BCUT2D eigenvalue weighted by molar-refractivity contribution is 5.71. The maximum Gasteiger partial charge on any atom is 0.306 e. The zero-order chi connectivity index (χ0) is 52.9. The van der Waals surface area contributed by atoms with Crippen LogP contribution in [0.4, 0.5) is 0 Å². The second kappa shape index (κ2) is 60.4. The molecule has 0 aliphatic carbocycles. The number of esters is 3. The van der Waals surface area contributed by atoms with E-state index in [1.54, 1.807) is 0 Å². The summed E-state index contributed by atoms with van der Waals surface area (Å²) in [7, 11) is 0. The van der Waals surface area contributed by atoms with Crippen molar-refractivity contribution < 1.29 is 28.6 Å². The molecule has 0 saturated heterocycles. The van der Waals surface area contributed by atoms with Crippen LogP contribution < -0.4 is 0 Å². The molecule has 0 aliphatic rings. The predicted octanol–water partition coefficient (Wildman–Crippen LogP) is 20.4. The van der Waals surface area contributed by atoms with Crippen LogP contribution in [0.25, 0.3) is 0 Å². The van der Waals surface area contributed by atoms with E-state index in [0.29, 0.717) is 19.3 Å². The number of ether oxygens (including phenoxy) is 3. The van der Waals surface area contributed by atoms with Crippen molar-refractivity contribution in [3.63, 3.8) is 0 Å². The second-order valence-corrected chi connectivity index (χ2v) is 19.6. The van der Waals surface area contributed by atoms with Crippen LogP contribution in [0.1, 0.15) is 265 Å². The predicted molar refractivity (Wildman–Crippen MR) is 316 cm³/mol. The topological polar surface area (TPSA) is 78.9 Å². The minimum atomic E-state index is -0.841. The SMILES string of the molecule is CCCCC/C=C\C/C=C\C/C=C\C/C=C\C/C=C\CCC(=O)OCC(COC(=O)CC/C=C\C/C=C\C/C=C\C/C=C\C/C=C\CCCCC)OC(=O)CCCCCCCCCCCCCCCCCCC. The Morgan fingerprint density at radius 3 is 0.822 bits per heavy atom. The summed E-state index contributed by atoms with van der Waals surface area (Å²) < 4.78 is 16.7. The molecule has 0 radical (unpaired) electrons. The van der Waals surface area contributed by atoms with Gasteiger partial charge in [0.25, 0.3) is 0 Å². The maximum absolute atomic E-state index is 12.9. The number of carbonyl (C=O) groups excluding carboxylic acids is 3. The number of allylic oxidation sites excluding steroid dienone is 20. The highest BCUT2D eigenvalue weighted by Gasteiger charge is 2.19. The van der Waals surface area contributed by atoms with Crippen molar-refractivity contribution in [3.8, 4) is 0 Å². The number of carbonyl (C=O) groups is 3. The van der Waals surface area contributed by atoms with Gasteiger partial charge >= 0.3 is 17.9 Å². The van der Waals surface area contributed by atoms with Gasteiger partial charge in [0.2, 0.25) is 0 Å². The van der Waals surface area contributed by atoms with Crippen LogP contribution in [0, 0.1) is 0 Å². The third kappa shape index (κ3) is 58.6. The lowest BCUT2D eigenvalue weighted by atomic mass is 10.0. The molecule has 0 rings (SSSR count). The summed E-state index contributed by atoms with van der Waals surface area (Å²) in [6, 6.07) is 0. The third-order valence-corrected chi connectivity index (χ3v) is 12.5. The van der Waals surface area contributed by atoms with Gasteiger partial charge in [0, 0.05) is 19.3 Å². The Morgan fingerprint density at radius 1 is 0.274 bits per heavy atom. The molecular weight excluding hydrogens is 901 g/mol. The average Bonchev–Trinajstić information content (AvgIpc) is 3.39. The van der Waals surface area contributed by atoms with Gasteiger partial charge < -0.3 is 14.2 Å². The van der Waals surface area contributed by atoms with Gasteiger partial charge in [0.1, 0.15) is 13.2 Å². The van der Waals surface area contributed by atoms with Gasteiger partial charge in [-0.1, -0.05) is 271 Å². The summed E-state index contributed by atoms with van der Waals surface area (Å²) in [6.07, 6.45) is 83.6. The van der Waals surface area contributed by atoms with Crippen LogP contribution in [0.5, 0.6) is 0 Å². The molecule has 6 heteroatoms. The summed E-state index contributed by atoms with van der Waals surface area (Å²) in [6.45, 7) is 6.47. The second-order valence-electron chi connectivity index (χ2n) is 19.6. The zero-order valence-corrected chi connectivity index (χ0v) is 47.4. The highest BCUT2D eigenvalue weighted by Crippen LogP contribution is 2.15. The molecule has 0 aromatic rings. The van der Waals surface area contributed by atoms with Crippen molar-refractivity contribution in [2.24, 2.45) is 0 Å². The summed E-state index contributed by atoms with van der Waals surface area (Å²) >= 11 is 0. The summed E-state index contributed by atoms with van der Waals surface area (Å²) in [4.78, 5) is 38.2. The summed E-state index contributed by atoms with van der Waals surface area (Å²) in [5, 5.41) is 0. The molecule has 0 atom stereocenters. The van der Waals surface area contributed by atoms with Crippen LogP contribution >= 0.6 is 0 Å². The largest absolute Gasteiger partial charge is 0.462 e. The Balaban J connectivity index is 4.60. The fourth-order valence-electron chi connectivity index (χ4n) is 7.94. The molecule has 0 unspecified atom stereocenters. The Morgan fingerprint density at radius 2 is 0.521 bits per heavy atom. The summed E-state index contributed by atoms with van der Waals surface area (Å²) in [5.41, 5.74) is 0. The molecule has 0 aromatic carbocycles. The molecule has 0 bridgehead atoms. The van der Waals surface area contributed by atoms with Gasteiger partial charge in [-0.3, -0.25) is 14.4 Å². The molecule has 0 heterocycles. The van der Waals surface area contributed by atoms with Crippen LogP contribution in [-0.4, -0.2) is 37.2 Å². The first-order valence-corrected chi connectivity index (χ1v) is 30.0. The molecule has 0 aliphatic heterocycles. The molecule has 0 fully saturated rings. The van der Waals surface area contributed by atoms with Crippen LogP contribution in [0.2, 0.25) is 0 Å². The van der Waals surface area contributed by atoms with Crippen molar-refractivity contribution in [3.05, 3.63) is 122 Å². The lowest BCUT2D eigenvalue weighted by molar-refractivity contribution is -0.166. The van der Waals surface area contributed by atoms with Crippen molar-refractivity contribution in [2.75, 3.05) is 13.2 Å². The number of hydrogen-bond acceptors (Lipinski definition) is 6. The van der Waals surface area contributed by atoms with Crippen molar-refractivity contribution in [1.29, 1.82) is 0 Å². The number of hydrogen-bond donors (Lipinski definition) is 0. The number of unbranched alkanes of at least 4 members (excludes halogenated alkanes) is 22. The molecule has 0 aromatic heterocycles. The van der Waals surface area contributed by atoms with Crippen LogP contribution in [0.3, 0.4) is 0 Å². The molecule has 0 spiro atoms. The first-order chi connectivity index (χ1) is 36.0. The van der Waals surface area contributed by atoms with Gasteiger partial charge in [-0.2, -0.15) is 0 Å². The molecular formula is C67H110O6. The van der Waals surface area contributed by atoms with E-state index in [1.807, 2.05) is 12.2 Å². The monoisotopic (exact) mass is 1010 g/mol. The van der Waals surface area contributed by atoms with Gasteiger partial charge in [-0.15, -0.1) is 0 Å². The first-order valence-electron chi connectivity index (χ1n) is 30.0. The van der Waals surface area contributed by atoms with E-state index in [-0.39, 0.29) is 44.0 Å². The van der Waals surface area contributed by atoms with Crippen molar-refractivity contribution >= 4 is 17.9 Å². The van der Waals surface area contributed by atoms with E-state index in [4.69, 9.17) is 14.2 Å². The number of rotatable bonds is 53. The molecule has 0 saturated carbocycles. The average molecular weight is 1010 g/mol. The quantitative estimate of drug-likeness (QED) is 0.0261. The maximum atomic E-state index is 12.9. The fraction of sp³-hybridized carbons (Fsp3) is 0.657. The standard InChI is InChI=1S/C67H110O6/c1-4-7-10-13-16-19-22-25-28-31-33-36-38-41-44-47-50-53-56-59-65(68)71-62-64(73-67(70)61-58-55-52-49-46-43-40-35-30-27-24-21-18-15-12-9-6-3)63-72-66(69)60-57-54-51-48-45-42-39-37-34-32-29-26-23-20-17-14-11-8-5-2/h16-17,19-20,25-26,28-29,33-34,36-37,41-42,44-45,50-51,53-54,64H,4-15,18,21-24,27,30-32,35,38-40,43,46-49,52,55-63H2,1-3H3/b19-16-,20-17-,28-25-,29-26-,36-33-,37-34-,44-41-,45-42-,53-50-,54-51-. The first kappa shape index (κ1) is 68.8. The minimum absolute atomic E-state index is 0.141. The van der Waals surface area contributed by atoms with Crippen LogP contribution in [0.15, 0.2) is 122 Å². The fourth-order valence-corrected chi connectivity index (χ4v) is 7.94. The zero-order valence-electron chi connectivity index (χ0n) is 47.4. The molecule has 0 N–H and O–H groups in total. The summed E-state index contributed by atoms with van der Waals surface area (Å²) in [5.74, 6) is -1.10. The molecule has 0 amide bonds. The third-order valence-electron chi connectivity index (χ3n) is 12.5. The van der Waals surface area contributed by atoms with Gasteiger partial charge in [-0.25, -0.2) is 0 Å². The van der Waals surface area contributed by atoms with E-state index in [0.717, 1.165) is 70.6 Å². The van der Waals surface area contributed by atoms with E-state index in [2.05, 4.69) is 130 Å². The van der Waals surface area contributed by atoms with E-state index >= 15 is 0 Å². The van der Waals surface area contributed by atoms with Crippen molar-refractivity contribution in [1.82, 2.24) is 0 Å².